The molecule has 0 aliphatic carbocycles. The van der Waals surface area contributed by atoms with Crippen LogP contribution in [0.3, 0.4) is 0 Å². The molecule has 18 heavy (non-hydrogen) atoms. The van der Waals surface area contributed by atoms with Gasteiger partial charge < -0.3 is 10.6 Å². The minimum Gasteiger partial charge on any atom is -0.372 e. The second-order valence-electron chi connectivity index (χ2n) is 4.15. The molecule has 0 spiro atoms. The molecule has 7 heteroatoms. The van der Waals surface area contributed by atoms with Crippen molar-refractivity contribution >= 4 is 22.5 Å². The molecule has 1 amide bonds. The standard InChI is InChI=1S/C11H16N4O2S/c1-12-10-3-2-9(14-15-10)11(16)13-8-4-6-18(17)7-5-8/h2-3,8H,4-7H2,1H3,(H,12,15)(H,13,16). The number of anilines is 1. The second kappa shape index (κ2) is 5.90. The number of carbonyl (C=O) groups excluding carboxylic acids is 1. The summed E-state index contributed by atoms with van der Waals surface area (Å²) >= 11 is 0. The number of hydrogen-bond donors (Lipinski definition) is 2. The van der Waals surface area contributed by atoms with Crippen LogP contribution in [-0.4, -0.2) is 44.9 Å². The Balaban J connectivity index is 1.92. The van der Waals surface area contributed by atoms with Gasteiger partial charge in [-0.2, -0.15) is 0 Å². The van der Waals surface area contributed by atoms with Crippen molar-refractivity contribution in [3.8, 4) is 0 Å². The molecule has 0 unspecified atom stereocenters. The van der Waals surface area contributed by atoms with E-state index in [1.807, 2.05) is 0 Å². The fourth-order valence-electron chi connectivity index (χ4n) is 1.78. The molecule has 1 aliphatic heterocycles. The summed E-state index contributed by atoms with van der Waals surface area (Å²) in [7, 11) is 1.03. The molecule has 1 aromatic heterocycles. The first-order valence-electron chi connectivity index (χ1n) is 5.86. The lowest BCUT2D eigenvalue weighted by Gasteiger charge is -2.22. The van der Waals surface area contributed by atoms with Gasteiger partial charge in [0.1, 0.15) is 5.82 Å². The first kappa shape index (κ1) is 12.9. The van der Waals surface area contributed by atoms with Crippen LogP contribution in [0.15, 0.2) is 12.1 Å². The fourth-order valence-corrected chi connectivity index (χ4v) is 3.08. The number of amides is 1. The summed E-state index contributed by atoms with van der Waals surface area (Å²) in [5.74, 6) is 1.73. The van der Waals surface area contributed by atoms with Gasteiger partial charge in [-0.1, -0.05) is 0 Å². The quantitative estimate of drug-likeness (QED) is 0.816. The Morgan fingerprint density at radius 1 is 1.33 bits per heavy atom. The van der Waals surface area contributed by atoms with Crippen molar-refractivity contribution < 1.29 is 9.00 Å². The Bertz CT molecular complexity index is 439. The van der Waals surface area contributed by atoms with E-state index in [0.717, 1.165) is 12.8 Å². The average molecular weight is 268 g/mol. The molecule has 0 radical (unpaired) electrons. The van der Waals surface area contributed by atoms with Crippen molar-refractivity contribution in [1.82, 2.24) is 15.5 Å². The maximum absolute atomic E-state index is 11.9. The molecule has 6 nitrogen and oxygen atoms in total. The zero-order chi connectivity index (χ0) is 13.0. The van der Waals surface area contributed by atoms with Gasteiger partial charge in [0.25, 0.3) is 5.91 Å². The van der Waals surface area contributed by atoms with Crippen LogP contribution in [0, 0.1) is 0 Å². The smallest absolute Gasteiger partial charge is 0.272 e. The van der Waals surface area contributed by atoms with E-state index < -0.39 is 10.8 Å². The molecule has 1 saturated heterocycles. The molecule has 1 aliphatic rings. The van der Waals surface area contributed by atoms with Crippen molar-refractivity contribution in [3.63, 3.8) is 0 Å². The molecular formula is C11H16N4O2S. The molecule has 0 saturated carbocycles. The van der Waals surface area contributed by atoms with Crippen molar-refractivity contribution in [1.29, 1.82) is 0 Å². The SMILES string of the molecule is CNc1ccc(C(=O)NC2CCS(=O)CC2)nn1. The Hall–Kier alpha value is -1.50. The molecule has 1 fully saturated rings. The first-order valence-corrected chi connectivity index (χ1v) is 7.35. The van der Waals surface area contributed by atoms with Gasteiger partial charge in [0.05, 0.1) is 0 Å². The Morgan fingerprint density at radius 3 is 2.61 bits per heavy atom. The maximum atomic E-state index is 11.9. The minimum absolute atomic E-state index is 0.0981. The van der Waals surface area contributed by atoms with Gasteiger partial charge in [-0.15, -0.1) is 10.2 Å². The number of nitrogens with one attached hydrogen (secondary N) is 2. The first-order chi connectivity index (χ1) is 8.69. The number of nitrogens with zero attached hydrogens (tertiary/aromatic N) is 2. The lowest BCUT2D eigenvalue weighted by molar-refractivity contribution is 0.0928. The molecule has 0 aromatic carbocycles. The number of carbonyl (C=O) groups is 1. The van der Waals surface area contributed by atoms with E-state index in [2.05, 4.69) is 20.8 Å². The summed E-state index contributed by atoms with van der Waals surface area (Å²) < 4.78 is 11.2. The zero-order valence-corrected chi connectivity index (χ0v) is 11.0. The van der Waals surface area contributed by atoms with Crippen LogP contribution in [0.1, 0.15) is 23.3 Å². The molecular weight excluding hydrogens is 252 g/mol. The molecule has 2 heterocycles. The largest absolute Gasteiger partial charge is 0.372 e. The van der Waals surface area contributed by atoms with Gasteiger partial charge in [0.2, 0.25) is 0 Å². The Kier molecular flexibility index (Phi) is 4.24. The molecule has 98 valence electrons. The second-order valence-corrected chi connectivity index (χ2v) is 5.85. The Labute approximate surface area is 108 Å². The van der Waals surface area contributed by atoms with Gasteiger partial charge in [-0.3, -0.25) is 9.00 Å². The summed E-state index contributed by atoms with van der Waals surface area (Å²) in [5, 5.41) is 13.4. The number of rotatable bonds is 3. The summed E-state index contributed by atoms with van der Waals surface area (Å²) in [6.45, 7) is 0. The van der Waals surface area contributed by atoms with Gasteiger partial charge in [-0.05, 0) is 25.0 Å². The van der Waals surface area contributed by atoms with Gasteiger partial charge in [-0.25, -0.2) is 0 Å². The van der Waals surface area contributed by atoms with Gasteiger partial charge in [0.15, 0.2) is 5.69 Å². The third-order valence-electron chi connectivity index (χ3n) is 2.88. The van der Waals surface area contributed by atoms with Crippen LogP contribution in [0.2, 0.25) is 0 Å². The van der Waals surface area contributed by atoms with E-state index in [9.17, 15) is 9.00 Å². The monoisotopic (exact) mass is 268 g/mol. The predicted octanol–water partition coefficient (Wildman–Crippen LogP) is 0.159. The lowest BCUT2D eigenvalue weighted by atomic mass is 10.1. The van der Waals surface area contributed by atoms with E-state index in [0.29, 0.717) is 23.0 Å². The van der Waals surface area contributed by atoms with E-state index in [1.54, 1.807) is 19.2 Å². The van der Waals surface area contributed by atoms with Crippen LogP contribution in [-0.2, 0) is 10.8 Å². The van der Waals surface area contributed by atoms with E-state index in [1.165, 1.54) is 0 Å². The van der Waals surface area contributed by atoms with Crippen molar-refractivity contribution in [3.05, 3.63) is 17.8 Å². The molecule has 2 N–H and O–H groups in total. The third-order valence-corrected chi connectivity index (χ3v) is 4.26. The zero-order valence-electron chi connectivity index (χ0n) is 10.2. The number of hydrogen-bond acceptors (Lipinski definition) is 5. The van der Waals surface area contributed by atoms with Crippen LogP contribution in [0.25, 0.3) is 0 Å². The summed E-state index contributed by atoms with van der Waals surface area (Å²) in [6, 6.07) is 3.44. The van der Waals surface area contributed by atoms with Gasteiger partial charge in [0, 0.05) is 35.4 Å². The molecule has 2 rings (SSSR count). The maximum Gasteiger partial charge on any atom is 0.272 e. The highest BCUT2D eigenvalue weighted by Crippen LogP contribution is 2.10. The minimum atomic E-state index is -0.712. The van der Waals surface area contributed by atoms with Crippen molar-refractivity contribution in [2.24, 2.45) is 0 Å². The van der Waals surface area contributed by atoms with E-state index in [-0.39, 0.29) is 11.9 Å². The topological polar surface area (TPSA) is 84.0 Å². The Morgan fingerprint density at radius 2 is 2.06 bits per heavy atom. The molecule has 1 aromatic rings. The third kappa shape index (κ3) is 3.25. The van der Waals surface area contributed by atoms with Crippen molar-refractivity contribution in [2.45, 2.75) is 18.9 Å². The highest BCUT2D eigenvalue weighted by Gasteiger charge is 2.20. The molecule has 0 atom stereocenters. The highest BCUT2D eigenvalue weighted by atomic mass is 32.2. The van der Waals surface area contributed by atoms with Crippen LogP contribution < -0.4 is 10.6 Å². The average Bonchev–Trinajstić information content (AvgIpc) is 2.41. The van der Waals surface area contributed by atoms with Gasteiger partial charge >= 0.3 is 0 Å². The van der Waals surface area contributed by atoms with E-state index in [4.69, 9.17) is 0 Å². The molecule has 0 bridgehead atoms. The number of aromatic nitrogens is 2. The highest BCUT2D eigenvalue weighted by molar-refractivity contribution is 7.85. The normalized spacial score (nSPS) is 23.4. The van der Waals surface area contributed by atoms with Crippen LogP contribution in [0.5, 0.6) is 0 Å². The summed E-state index contributed by atoms with van der Waals surface area (Å²) in [6.07, 6.45) is 1.53. The van der Waals surface area contributed by atoms with E-state index >= 15 is 0 Å². The predicted molar refractivity (Wildman–Crippen MR) is 69.9 cm³/mol. The summed E-state index contributed by atoms with van der Waals surface area (Å²) in [4.78, 5) is 11.9. The fraction of sp³-hybridized carbons (Fsp3) is 0.545. The van der Waals surface area contributed by atoms with Crippen molar-refractivity contribution in [2.75, 3.05) is 23.9 Å². The van der Waals surface area contributed by atoms with Crippen LogP contribution >= 0.6 is 0 Å². The van der Waals surface area contributed by atoms with Crippen LogP contribution in [0.4, 0.5) is 5.82 Å². The lowest BCUT2D eigenvalue weighted by Crippen LogP contribution is -2.39. The summed E-state index contributed by atoms with van der Waals surface area (Å²) in [5.41, 5.74) is 0.306.